The van der Waals surface area contributed by atoms with Crippen molar-refractivity contribution in [3.05, 3.63) is 0 Å². The summed E-state index contributed by atoms with van der Waals surface area (Å²) in [5.74, 6) is 0. The van der Waals surface area contributed by atoms with Crippen molar-refractivity contribution in [2.45, 2.75) is 40.5 Å². The summed E-state index contributed by atoms with van der Waals surface area (Å²) in [5.41, 5.74) is 0. The Morgan fingerprint density at radius 3 is 1.25 bits per heavy atom. The number of rotatable bonds is 6. The molecule has 0 saturated carbocycles. The lowest BCUT2D eigenvalue weighted by molar-refractivity contribution is -0.00000269. The van der Waals surface area contributed by atoms with E-state index in [0.29, 0.717) is 0 Å². The van der Waals surface area contributed by atoms with E-state index in [-0.39, 0.29) is 17.0 Å². The molecule has 0 saturated heterocycles. The molecular weight excluding hydrogens is 231 g/mol. The summed E-state index contributed by atoms with van der Waals surface area (Å²) >= 11 is 0. The first-order valence-electron chi connectivity index (χ1n) is 5.09. The Bertz CT molecular complexity index is 81.8. The molecule has 12 heavy (non-hydrogen) atoms. The molecule has 0 aliphatic carbocycles. The average Bonchev–Trinajstić information content (AvgIpc) is 2.04. The van der Waals surface area contributed by atoms with Gasteiger partial charge in [0, 0.05) is 7.26 Å². The van der Waals surface area contributed by atoms with E-state index in [1.54, 1.807) is 0 Å². The molecule has 0 radical (unpaired) electrons. The number of hydrogen-bond donors (Lipinski definition) is 0. The van der Waals surface area contributed by atoms with Crippen molar-refractivity contribution in [3.63, 3.8) is 0 Å². The quantitative estimate of drug-likeness (QED) is 0.618. The van der Waals surface area contributed by atoms with Crippen LogP contribution in [0.4, 0.5) is 0 Å². The summed E-state index contributed by atoms with van der Waals surface area (Å²) in [4.78, 5) is 0. The highest BCUT2D eigenvalue weighted by atomic mass is 79.9. The molecule has 0 aliphatic rings. The van der Waals surface area contributed by atoms with Crippen LogP contribution in [0.1, 0.15) is 40.5 Å². The van der Waals surface area contributed by atoms with Crippen LogP contribution in [0.25, 0.3) is 0 Å². The van der Waals surface area contributed by atoms with Gasteiger partial charge in [-0.1, -0.05) is 13.8 Å². The highest BCUT2D eigenvalue weighted by molar-refractivity contribution is 7.75. The van der Waals surface area contributed by atoms with Crippen molar-refractivity contribution in [1.29, 1.82) is 0 Å². The Balaban J connectivity index is 0. The summed E-state index contributed by atoms with van der Waals surface area (Å²) in [6.45, 7) is 9.44. The van der Waals surface area contributed by atoms with Crippen molar-refractivity contribution < 1.29 is 17.0 Å². The smallest absolute Gasteiger partial charge is 0.0591 e. The molecule has 0 atom stereocenters. The van der Waals surface area contributed by atoms with Gasteiger partial charge >= 0.3 is 0 Å². The molecule has 0 aromatic rings. The second kappa shape index (κ2) is 8.51. The SMILES string of the molecule is CCC[P+](CC)(CC)CCC.[Br-]. The maximum atomic E-state index is 2.39. The van der Waals surface area contributed by atoms with E-state index < -0.39 is 7.26 Å². The third-order valence-corrected chi connectivity index (χ3v) is 8.21. The zero-order valence-electron chi connectivity index (χ0n) is 9.07. The van der Waals surface area contributed by atoms with Gasteiger partial charge in [0.2, 0.25) is 0 Å². The lowest BCUT2D eigenvalue weighted by atomic mass is 10.6. The predicted molar refractivity (Wildman–Crippen MR) is 58.3 cm³/mol. The van der Waals surface area contributed by atoms with E-state index in [9.17, 15) is 0 Å². The van der Waals surface area contributed by atoms with Crippen LogP contribution in [0.2, 0.25) is 0 Å². The highest BCUT2D eigenvalue weighted by Gasteiger charge is 2.30. The first-order chi connectivity index (χ1) is 5.24. The van der Waals surface area contributed by atoms with Gasteiger partial charge in [0.15, 0.2) is 0 Å². The number of hydrogen-bond acceptors (Lipinski definition) is 0. The Morgan fingerprint density at radius 1 is 0.750 bits per heavy atom. The maximum Gasteiger partial charge on any atom is 0.0591 e. The maximum absolute atomic E-state index is 2.39. The summed E-state index contributed by atoms with van der Waals surface area (Å²) in [7, 11) is -0.458. The third-order valence-electron chi connectivity index (χ3n) is 2.74. The van der Waals surface area contributed by atoms with Crippen LogP contribution < -0.4 is 17.0 Å². The zero-order valence-corrected chi connectivity index (χ0v) is 11.5. The van der Waals surface area contributed by atoms with E-state index in [2.05, 4.69) is 27.7 Å². The van der Waals surface area contributed by atoms with Crippen LogP contribution in [0.15, 0.2) is 0 Å². The van der Waals surface area contributed by atoms with Gasteiger partial charge in [-0.25, -0.2) is 0 Å². The van der Waals surface area contributed by atoms with Gasteiger partial charge < -0.3 is 17.0 Å². The predicted octanol–water partition coefficient (Wildman–Crippen LogP) is 0.868. The molecule has 0 spiro atoms. The fraction of sp³-hybridized carbons (Fsp3) is 1.00. The van der Waals surface area contributed by atoms with Gasteiger partial charge in [-0.15, -0.1) is 0 Å². The second-order valence-corrected chi connectivity index (χ2v) is 8.26. The monoisotopic (exact) mass is 254 g/mol. The summed E-state index contributed by atoms with van der Waals surface area (Å²) in [6, 6.07) is 0. The van der Waals surface area contributed by atoms with Crippen LogP contribution in [-0.2, 0) is 0 Å². The molecule has 0 unspecified atom stereocenters. The van der Waals surface area contributed by atoms with Gasteiger partial charge in [-0.2, -0.15) is 0 Å². The first kappa shape index (κ1) is 15.4. The fourth-order valence-corrected chi connectivity index (χ4v) is 5.75. The Hall–Kier alpha value is 0.910. The van der Waals surface area contributed by atoms with Crippen LogP contribution in [0.3, 0.4) is 0 Å². The van der Waals surface area contributed by atoms with E-state index in [0.717, 1.165) is 0 Å². The van der Waals surface area contributed by atoms with Gasteiger partial charge in [-0.05, 0) is 26.7 Å². The standard InChI is InChI=1S/C10H24P.BrH/c1-5-9-11(7-3,8-4)10-6-2;/h5-10H2,1-4H3;1H/q+1;/p-1. The molecule has 76 valence electrons. The minimum atomic E-state index is -0.458. The van der Waals surface area contributed by atoms with Crippen LogP contribution in [0.5, 0.6) is 0 Å². The van der Waals surface area contributed by atoms with Crippen molar-refractivity contribution in [2.75, 3.05) is 24.6 Å². The zero-order chi connectivity index (χ0) is 8.74. The fourth-order valence-electron chi connectivity index (χ4n) is 1.92. The Morgan fingerprint density at radius 2 is 1.08 bits per heavy atom. The largest absolute Gasteiger partial charge is 1.00 e. The van der Waals surface area contributed by atoms with Crippen LogP contribution >= 0.6 is 7.26 Å². The summed E-state index contributed by atoms with van der Waals surface area (Å²) in [5, 5.41) is 0. The molecule has 0 fully saturated rings. The summed E-state index contributed by atoms with van der Waals surface area (Å²) < 4.78 is 0. The van der Waals surface area contributed by atoms with Crippen LogP contribution in [-0.4, -0.2) is 24.6 Å². The molecule has 0 rings (SSSR count). The van der Waals surface area contributed by atoms with E-state index in [1.807, 2.05) is 0 Å². The molecule has 0 aromatic carbocycles. The Labute approximate surface area is 89.6 Å². The van der Waals surface area contributed by atoms with Gasteiger partial charge in [0.25, 0.3) is 0 Å². The first-order valence-corrected chi connectivity index (χ1v) is 7.62. The molecular formula is C10H24BrP. The van der Waals surface area contributed by atoms with Crippen molar-refractivity contribution in [1.82, 2.24) is 0 Å². The van der Waals surface area contributed by atoms with Gasteiger partial charge in [0.1, 0.15) is 0 Å². The highest BCUT2D eigenvalue weighted by Crippen LogP contribution is 2.58. The molecule has 0 nitrogen and oxygen atoms in total. The molecule has 0 heterocycles. The molecule has 0 aliphatic heterocycles. The van der Waals surface area contributed by atoms with E-state index >= 15 is 0 Å². The van der Waals surface area contributed by atoms with Gasteiger partial charge in [0.05, 0.1) is 24.6 Å². The van der Waals surface area contributed by atoms with Crippen molar-refractivity contribution in [3.8, 4) is 0 Å². The van der Waals surface area contributed by atoms with Crippen molar-refractivity contribution in [2.24, 2.45) is 0 Å². The molecule has 0 N–H and O–H groups in total. The molecule has 0 bridgehead atoms. The molecule has 2 heteroatoms. The number of halogens is 1. The normalized spacial score (nSPS) is 11.0. The van der Waals surface area contributed by atoms with E-state index in [4.69, 9.17) is 0 Å². The second-order valence-electron chi connectivity index (χ2n) is 3.42. The summed E-state index contributed by atoms with van der Waals surface area (Å²) in [6.07, 6.45) is 8.82. The Kier molecular flexibility index (Phi) is 10.9. The van der Waals surface area contributed by atoms with E-state index in [1.165, 1.54) is 37.5 Å². The molecule has 0 amide bonds. The van der Waals surface area contributed by atoms with Crippen molar-refractivity contribution >= 4 is 7.26 Å². The molecule has 0 aromatic heterocycles. The third kappa shape index (κ3) is 4.82. The van der Waals surface area contributed by atoms with Crippen LogP contribution in [0, 0.1) is 0 Å². The minimum absolute atomic E-state index is 0. The minimum Gasteiger partial charge on any atom is -1.00 e. The lowest BCUT2D eigenvalue weighted by Gasteiger charge is -2.23. The topological polar surface area (TPSA) is 0 Å². The van der Waals surface area contributed by atoms with Gasteiger partial charge in [-0.3, -0.25) is 0 Å². The average molecular weight is 255 g/mol. The lowest BCUT2D eigenvalue weighted by Crippen LogP contribution is -3.00.